The number of benzene rings is 1. The minimum atomic E-state index is -0.0683. The molecule has 29 heavy (non-hydrogen) atoms. The van der Waals surface area contributed by atoms with E-state index in [1.165, 1.54) is 0 Å². The molecule has 1 fully saturated rings. The Balaban J connectivity index is 1.40. The van der Waals surface area contributed by atoms with E-state index in [-0.39, 0.29) is 6.03 Å². The van der Waals surface area contributed by atoms with Gasteiger partial charge in [-0.1, -0.05) is 12.1 Å². The van der Waals surface area contributed by atoms with Gasteiger partial charge in [0, 0.05) is 43.6 Å². The topological polar surface area (TPSA) is 79.2 Å². The van der Waals surface area contributed by atoms with Crippen LogP contribution in [0.1, 0.15) is 17.0 Å². The summed E-state index contributed by atoms with van der Waals surface area (Å²) in [7, 11) is 0. The number of anilines is 2. The van der Waals surface area contributed by atoms with Crippen LogP contribution in [-0.2, 0) is 0 Å². The molecule has 0 atom stereocenters. The van der Waals surface area contributed by atoms with Crippen molar-refractivity contribution in [3.8, 4) is 5.82 Å². The fraction of sp³-hybridized carbons (Fsp3) is 0.333. The number of carbonyl (C=O) groups excluding carboxylic acids is 1. The van der Waals surface area contributed by atoms with Crippen LogP contribution in [-0.4, -0.2) is 56.9 Å². The van der Waals surface area contributed by atoms with Gasteiger partial charge in [-0.25, -0.2) is 19.4 Å². The van der Waals surface area contributed by atoms with Gasteiger partial charge in [0.15, 0.2) is 5.82 Å². The molecule has 8 nitrogen and oxygen atoms in total. The lowest BCUT2D eigenvalue weighted by Crippen LogP contribution is -2.50. The monoisotopic (exact) mass is 391 g/mol. The summed E-state index contributed by atoms with van der Waals surface area (Å²) in [6.45, 7) is 8.69. The third-order valence-electron chi connectivity index (χ3n) is 5.03. The van der Waals surface area contributed by atoms with E-state index in [1.54, 1.807) is 6.33 Å². The van der Waals surface area contributed by atoms with Crippen molar-refractivity contribution in [2.75, 3.05) is 36.4 Å². The zero-order valence-electron chi connectivity index (χ0n) is 17.0. The number of piperazine rings is 1. The molecule has 3 heterocycles. The maximum Gasteiger partial charge on any atom is 0.321 e. The van der Waals surface area contributed by atoms with E-state index in [0.29, 0.717) is 13.1 Å². The zero-order chi connectivity index (χ0) is 20.4. The van der Waals surface area contributed by atoms with Crippen LogP contribution < -0.4 is 10.2 Å². The second-order valence-corrected chi connectivity index (χ2v) is 7.35. The van der Waals surface area contributed by atoms with Gasteiger partial charge in [-0.05, 0) is 44.5 Å². The Hall–Kier alpha value is -3.42. The zero-order valence-corrected chi connectivity index (χ0v) is 17.0. The molecule has 0 bridgehead atoms. The highest BCUT2D eigenvalue weighted by Crippen LogP contribution is 2.18. The molecule has 0 unspecified atom stereocenters. The molecule has 0 radical (unpaired) electrons. The number of nitrogens with one attached hydrogen (secondary N) is 1. The first-order valence-electron chi connectivity index (χ1n) is 9.73. The SMILES string of the molecule is Cc1cccc(NC(=O)N2CCN(c3cc(-n4nc(C)cc4C)ncn3)CC2)c1. The minimum absolute atomic E-state index is 0.0683. The third kappa shape index (κ3) is 4.21. The largest absolute Gasteiger partial charge is 0.353 e. The van der Waals surface area contributed by atoms with Crippen molar-refractivity contribution in [3.63, 3.8) is 0 Å². The van der Waals surface area contributed by atoms with Gasteiger partial charge in [-0.2, -0.15) is 5.10 Å². The minimum Gasteiger partial charge on any atom is -0.353 e. The molecule has 0 aliphatic carbocycles. The first-order valence-corrected chi connectivity index (χ1v) is 9.73. The average molecular weight is 391 g/mol. The molecule has 2 amide bonds. The molecular weight excluding hydrogens is 366 g/mol. The molecular formula is C21H25N7O. The Morgan fingerprint density at radius 2 is 1.72 bits per heavy atom. The highest BCUT2D eigenvalue weighted by atomic mass is 16.2. The number of carbonyl (C=O) groups is 1. The lowest BCUT2D eigenvalue weighted by molar-refractivity contribution is 0.208. The summed E-state index contributed by atoms with van der Waals surface area (Å²) in [5.41, 5.74) is 3.93. The van der Waals surface area contributed by atoms with Gasteiger partial charge in [0.2, 0.25) is 0 Å². The molecule has 0 spiro atoms. The maximum atomic E-state index is 12.6. The van der Waals surface area contributed by atoms with Gasteiger partial charge < -0.3 is 15.1 Å². The van der Waals surface area contributed by atoms with Crippen LogP contribution in [0.5, 0.6) is 0 Å². The Bertz CT molecular complexity index is 1020. The van der Waals surface area contributed by atoms with Crippen molar-refractivity contribution in [1.29, 1.82) is 0 Å². The van der Waals surface area contributed by atoms with Crippen molar-refractivity contribution in [3.05, 3.63) is 59.7 Å². The van der Waals surface area contributed by atoms with Crippen LogP contribution >= 0.6 is 0 Å². The van der Waals surface area contributed by atoms with Crippen molar-refractivity contribution >= 4 is 17.5 Å². The van der Waals surface area contributed by atoms with Crippen LogP contribution in [0.25, 0.3) is 5.82 Å². The number of rotatable bonds is 3. The van der Waals surface area contributed by atoms with Crippen molar-refractivity contribution in [2.45, 2.75) is 20.8 Å². The van der Waals surface area contributed by atoms with E-state index in [2.05, 4.69) is 25.3 Å². The summed E-state index contributed by atoms with van der Waals surface area (Å²) in [6, 6.07) is 11.7. The second kappa shape index (κ2) is 7.90. The molecule has 1 N–H and O–H groups in total. The van der Waals surface area contributed by atoms with Crippen LogP contribution in [0.15, 0.2) is 42.7 Å². The number of aromatic nitrogens is 4. The highest BCUT2D eigenvalue weighted by Gasteiger charge is 2.22. The van der Waals surface area contributed by atoms with Gasteiger partial charge in [-0.3, -0.25) is 0 Å². The molecule has 3 aromatic rings. The summed E-state index contributed by atoms with van der Waals surface area (Å²) in [5.74, 6) is 1.60. The quantitative estimate of drug-likeness (QED) is 0.743. The molecule has 1 aliphatic rings. The molecule has 1 aliphatic heterocycles. The first kappa shape index (κ1) is 18.9. The number of urea groups is 1. The van der Waals surface area contributed by atoms with E-state index in [4.69, 9.17) is 0 Å². The second-order valence-electron chi connectivity index (χ2n) is 7.35. The molecule has 1 aromatic carbocycles. The fourth-order valence-electron chi connectivity index (χ4n) is 3.55. The lowest BCUT2D eigenvalue weighted by atomic mass is 10.2. The van der Waals surface area contributed by atoms with Gasteiger partial charge in [0.05, 0.1) is 5.69 Å². The van der Waals surface area contributed by atoms with Crippen LogP contribution in [0, 0.1) is 20.8 Å². The van der Waals surface area contributed by atoms with Crippen molar-refractivity contribution < 1.29 is 4.79 Å². The highest BCUT2D eigenvalue weighted by molar-refractivity contribution is 5.89. The smallest absolute Gasteiger partial charge is 0.321 e. The Morgan fingerprint density at radius 1 is 0.966 bits per heavy atom. The number of aryl methyl sites for hydroxylation is 3. The van der Waals surface area contributed by atoms with Crippen LogP contribution in [0.4, 0.5) is 16.3 Å². The van der Waals surface area contributed by atoms with Gasteiger partial charge in [-0.15, -0.1) is 0 Å². The molecule has 2 aromatic heterocycles. The summed E-state index contributed by atoms with van der Waals surface area (Å²) < 4.78 is 1.83. The van der Waals surface area contributed by atoms with E-state index in [1.807, 2.05) is 66.8 Å². The van der Waals surface area contributed by atoms with E-state index in [0.717, 1.165) is 47.4 Å². The molecule has 1 saturated heterocycles. The Morgan fingerprint density at radius 3 is 2.41 bits per heavy atom. The lowest BCUT2D eigenvalue weighted by Gasteiger charge is -2.35. The standard InChI is InChI=1S/C21H25N7O/c1-15-5-4-6-18(11-15)24-21(29)27-9-7-26(8-10-27)19-13-20(23-14-22-19)28-17(3)12-16(2)25-28/h4-6,11-14H,7-10H2,1-3H3,(H,24,29). The number of hydrogen-bond acceptors (Lipinski definition) is 5. The maximum absolute atomic E-state index is 12.6. The van der Waals surface area contributed by atoms with E-state index >= 15 is 0 Å². The number of hydrogen-bond donors (Lipinski definition) is 1. The molecule has 8 heteroatoms. The fourth-order valence-corrected chi connectivity index (χ4v) is 3.55. The van der Waals surface area contributed by atoms with Gasteiger partial charge in [0.25, 0.3) is 0 Å². The summed E-state index contributed by atoms with van der Waals surface area (Å²) in [6.07, 6.45) is 1.57. The van der Waals surface area contributed by atoms with E-state index < -0.39 is 0 Å². The predicted molar refractivity (Wildman–Crippen MR) is 113 cm³/mol. The summed E-state index contributed by atoms with van der Waals surface area (Å²) in [5, 5.41) is 7.47. The summed E-state index contributed by atoms with van der Waals surface area (Å²) in [4.78, 5) is 25.4. The summed E-state index contributed by atoms with van der Waals surface area (Å²) >= 11 is 0. The van der Waals surface area contributed by atoms with Crippen LogP contribution in [0.3, 0.4) is 0 Å². The van der Waals surface area contributed by atoms with Gasteiger partial charge in [0.1, 0.15) is 12.1 Å². The normalized spacial score (nSPS) is 14.2. The first-order chi connectivity index (χ1) is 14.0. The molecule has 150 valence electrons. The number of nitrogens with zero attached hydrogens (tertiary/aromatic N) is 6. The molecule has 0 saturated carbocycles. The molecule has 4 rings (SSSR count). The van der Waals surface area contributed by atoms with E-state index in [9.17, 15) is 4.79 Å². The average Bonchev–Trinajstić information content (AvgIpc) is 3.06. The Kier molecular flexibility index (Phi) is 5.16. The van der Waals surface area contributed by atoms with Crippen molar-refractivity contribution in [2.24, 2.45) is 0 Å². The third-order valence-corrected chi connectivity index (χ3v) is 5.03. The van der Waals surface area contributed by atoms with Crippen molar-refractivity contribution in [1.82, 2.24) is 24.6 Å². The van der Waals surface area contributed by atoms with Gasteiger partial charge >= 0.3 is 6.03 Å². The van der Waals surface area contributed by atoms with Crippen LogP contribution in [0.2, 0.25) is 0 Å². The number of amides is 2. The predicted octanol–water partition coefficient (Wildman–Crippen LogP) is 2.94. The Labute approximate surface area is 170 Å².